The smallest absolute Gasteiger partial charge is 0.216 e. The highest BCUT2D eigenvalue weighted by Crippen LogP contribution is 2.28. The highest BCUT2D eigenvalue weighted by Gasteiger charge is 2.21. The summed E-state index contributed by atoms with van der Waals surface area (Å²) in [5.74, 6) is -0.298. The van der Waals surface area contributed by atoms with E-state index in [1.807, 2.05) is 5.40 Å². The number of anilines is 1. The van der Waals surface area contributed by atoms with E-state index >= 15 is 0 Å². The minimum absolute atomic E-state index is 0.0778. The number of rotatable bonds is 5. The van der Waals surface area contributed by atoms with Crippen molar-refractivity contribution in [1.82, 2.24) is 5.32 Å². The Morgan fingerprint density at radius 2 is 2.26 bits per heavy atom. The number of nitriles is 1. The first kappa shape index (κ1) is 15.3. The number of benzene rings is 1. The predicted molar refractivity (Wildman–Crippen MR) is 72.0 cm³/mol. The molecule has 6 nitrogen and oxygen atoms in total. The fraction of sp³-hybridized carbons (Fsp3) is 0.333. The molecular weight excluding hydrogens is 266 g/mol. The van der Waals surface area contributed by atoms with Gasteiger partial charge < -0.3 is 21.3 Å². The minimum Gasteiger partial charge on any atom is -0.398 e. The SMILES string of the molecule is CC(=O)NCC(O)C(O)c1cc(SC#N)ccc1N. The number of thiocyanates is 1. The lowest BCUT2D eigenvalue weighted by Gasteiger charge is -2.20. The summed E-state index contributed by atoms with van der Waals surface area (Å²) in [5.41, 5.74) is 6.38. The van der Waals surface area contributed by atoms with E-state index in [4.69, 9.17) is 11.0 Å². The standard InChI is InChI=1S/C12H15N3O3S/c1-7(16)15-5-11(17)12(18)9-4-8(19-6-13)2-3-10(9)14/h2-4,11-12,17-18H,5,14H2,1H3,(H,15,16). The summed E-state index contributed by atoms with van der Waals surface area (Å²) in [7, 11) is 0. The van der Waals surface area contributed by atoms with Gasteiger partial charge in [0, 0.05) is 29.6 Å². The molecule has 102 valence electrons. The molecule has 0 fully saturated rings. The average molecular weight is 281 g/mol. The Bertz CT molecular complexity index is 501. The number of thioether (sulfide) groups is 1. The lowest BCUT2D eigenvalue weighted by Crippen LogP contribution is -2.34. The molecule has 5 N–H and O–H groups in total. The van der Waals surface area contributed by atoms with E-state index in [2.05, 4.69) is 5.32 Å². The average Bonchev–Trinajstić information content (AvgIpc) is 2.37. The molecule has 0 saturated heterocycles. The molecule has 0 aromatic heterocycles. The summed E-state index contributed by atoms with van der Waals surface area (Å²) < 4.78 is 0. The molecule has 2 unspecified atom stereocenters. The van der Waals surface area contributed by atoms with Crippen molar-refractivity contribution in [1.29, 1.82) is 5.26 Å². The van der Waals surface area contributed by atoms with Gasteiger partial charge in [0.25, 0.3) is 0 Å². The number of nitrogens with zero attached hydrogens (tertiary/aromatic N) is 1. The summed E-state index contributed by atoms with van der Waals surface area (Å²) in [5, 5.41) is 32.7. The van der Waals surface area contributed by atoms with E-state index < -0.39 is 12.2 Å². The second-order valence-corrected chi connectivity index (χ2v) is 4.79. The topological polar surface area (TPSA) is 119 Å². The van der Waals surface area contributed by atoms with Crippen molar-refractivity contribution in [2.45, 2.75) is 24.0 Å². The van der Waals surface area contributed by atoms with Gasteiger partial charge in [0.05, 0.1) is 0 Å². The molecule has 0 aliphatic rings. The van der Waals surface area contributed by atoms with Gasteiger partial charge in [0.1, 0.15) is 17.6 Å². The number of carbonyl (C=O) groups excluding carboxylic acids is 1. The zero-order valence-electron chi connectivity index (χ0n) is 10.3. The molecule has 0 spiro atoms. The zero-order valence-corrected chi connectivity index (χ0v) is 11.1. The molecule has 0 heterocycles. The Hall–Kier alpha value is -1.75. The number of nitrogens with two attached hydrogens (primary N) is 1. The number of amides is 1. The summed E-state index contributed by atoms with van der Waals surface area (Å²) in [4.78, 5) is 11.4. The molecule has 7 heteroatoms. The third-order valence-corrected chi connectivity index (χ3v) is 3.05. The van der Waals surface area contributed by atoms with Crippen molar-refractivity contribution in [3.63, 3.8) is 0 Å². The van der Waals surface area contributed by atoms with E-state index in [0.29, 0.717) is 16.1 Å². The Morgan fingerprint density at radius 3 is 2.84 bits per heavy atom. The first-order chi connectivity index (χ1) is 8.95. The van der Waals surface area contributed by atoms with Crippen molar-refractivity contribution in [2.24, 2.45) is 0 Å². The molecule has 19 heavy (non-hydrogen) atoms. The lowest BCUT2D eigenvalue weighted by molar-refractivity contribution is -0.119. The van der Waals surface area contributed by atoms with Crippen molar-refractivity contribution < 1.29 is 15.0 Å². The van der Waals surface area contributed by atoms with Crippen LogP contribution in [0.25, 0.3) is 0 Å². The van der Waals surface area contributed by atoms with Crippen LogP contribution in [0.1, 0.15) is 18.6 Å². The fourth-order valence-electron chi connectivity index (χ4n) is 1.49. The van der Waals surface area contributed by atoms with E-state index in [1.54, 1.807) is 18.2 Å². The Balaban J connectivity index is 2.85. The summed E-state index contributed by atoms with van der Waals surface area (Å²) in [6, 6.07) is 4.76. The second-order valence-electron chi connectivity index (χ2n) is 3.93. The monoisotopic (exact) mass is 281 g/mol. The lowest BCUT2D eigenvalue weighted by atomic mass is 10.0. The predicted octanol–water partition coefficient (Wildman–Crippen LogP) is 0.372. The highest BCUT2D eigenvalue weighted by atomic mass is 32.2. The molecule has 1 aromatic carbocycles. The van der Waals surface area contributed by atoms with Crippen LogP contribution in [-0.2, 0) is 4.79 Å². The number of carbonyl (C=O) groups is 1. The number of nitrogen functional groups attached to an aromatic ring is 1. The highest BCUT2D eigenvalue weighted by molar-refractivity contribution is 8.03. The summed E-state index contributed by atoms with van der Waals surface area (Å²) in [6.07, 6.45) is -2.40. The van der Waals surface area contributed by atoms with Crippen LogP contribution in [0.4, 0.5) is 5.69 Å². The quantitative estimate of drug-likeness (QED) is 0.352. The zero-order chi connectivity index (χ0) is 14.4. The van der Waals surface area contributed by atoms with Crippen LogP contribution < -0.4 is 11.1 Å². The van der Waals surface area contributed by atoms with Crippen molar-refractivity contribution in [2.75, 3.05) is 12.3 Å². The molecule has 0 radical (unpaired) electrons. The molecule has 0 saturated carbocycles. The van der Waals surface area contributed by atoms with Crippen LogP contribution in [0.15, 0.2) is 23.1 Å². The van der Waals surface area contributed by atoms with Gasteiger partial charge in [-0.15, -0.1) is 0 Å². The number of nitrogens with one attached hydrogen (secondary N) is 1. The maximum Gasteiger partial charge on any atom is 0.216 e. The molecule has 1 rings (SSSR count). The van der Waals surface area contributed by atoms with Gasteiger partial charge in [0.15, 0.2) is 0 Å². The van der Waals surface area contributed by atoms with Crippen LogP contribution in [-0.4, -0.2) is 28.8 Å². The third kappa shape index (κ3) is 4.44. The van der Waals surface area contributed by atoms with Gasteiger partial charge in [-0.1, -0.05) is 0 Å². The largest absolute Gasteiger partial charge is 0.398 e. The van der Waals surface area contributed by atoms with Gasteiger partial charge in [-0.3, -0.25) is 4.79 Å². The van der Waals surface area contributed by atoms with Crippen molar-refractivity contribution >= 4 is 23.4 Å². The third-order valence-electron chi connectivity index (χ3n) is 2.46. The second kappa shape index (κ2) is 6.99. The fourth-order valence-corrected chi connectivity index (χ4v) is 1.92. The first-order valence-corrected chi connectivity index (χ1v) is 6.33. The van der Waals surface area contributed by atoms with Gasteiger partial charge >= 0.3 is 0 Å². The van der Waals surface area contributed by atoms with Crippen LogP contribution >= 0.6 is 11.8 Å². The van der Waals surface area contributed by atoms with Crippen LogP contribution in [0, 0.1) is 10.7 Å². The van der Waals surface area contributed by atoms with Gasteiger partial charge in [-0.05, 0) is 30.0 Å². The maximum atomic E-state index is 10.7. The number of aliphatic hydroxyl groups is 2. The van der Waals surface area contributed by atoms with E-state index in [1.165, 1.54) is 6.92 Å². The van der Waals surface area contributed by atoms with Crippen LogP contribution in [0.2, 0.25) is 0 Å². The van der Waals surface area contributed by atoms with E-state index in [0.717, 1.165) is 11.8 Å². The van der Waals surface area contributed by atoms with E-state index in [-0.39, 0.29) is 12.5 Å². The summed E-state index contributed by atoms with van der Waals surface area (Å²) in [6.45, 7) is 1.24. The van der Waals surface area contributed by atoms with Gasteiger partial charge in [0.2, 0.25) is 5.91 Å². The molecule has 1 amide bonds. The van der Waals surface area contributed by atoms with Gasteiger partial charge in [-0.25, -0.2) is 0 Å². The Labute approximate surface area is 115 Å². The number of hydrogen-bond donors (Lipinski definition) is 4. The molecule has 0 aliphatic carbocycles. The van der Waals surface area contributed by atoms with E-state index in [9.17, 15) is 15.0 Å². The van der Waals surface area contributed by atoms with Gasteiger partial charge in [-0.2, -0.15) is 5.26 Å². The van der Waals surface area contributed by atoms with Crippen LogP contribution in [0.3, 0.4) is 0 Å². The van der Waals surface area contributed by atoms with Crippen molar-refractivity contribution in [3.8, 4) is 5.40 Å². The maximum absolute atomic E-state index is 10.7. The molecule has 2 atom stereocenters. The number of aliphatic hydroxyl groups excluding tert-OH is 2. The molecular formula is C12H15N3O3S. The van der Waals surface area contributed by atoms with Crippen molar-refractivity contribution in [3.05, 3.63) is 23.8 Å². The molecule has 1 aromatic rings. The Kier molecular flexibility index (Phi) is 5.63. The Morgan fingerprint density at radius 1 is 1.58 bits per heavy atom. The minimum atomic E-state index is -1.23. The molecule has 0 bridgehead atoms. The molecule has 0 aliphatic heterocycles. The van der Waals surface area contributed by atoms with Crippen LogP contribution in [0.5, 0.6) is 0 Å². The number of hydrogen-bond acceptors (Lipinski definition) is 6. The normalized spacial score (nSPS) is 13.4. The first-order valence-electron chi connectivity index (χ1n) is 5.51. The summed E-state index contributed by atoms with van der Waals surface area (Å²) >= 11 is 0.933.